The number of benzene rings is 1. The second-order valence-corrected chi connectivity index (χ2v) is 8.59. The van der Waals surface area contributed by atoms with Crippen molar-refractivity contribution >= 4 is 18.7 Å². The summed E-state index contributed by atoms with van der Waals surface area (Å²) in [5, 5.41) is 11.6. The van der Waals surface area contributed by atoms with Gasteiger partial charge in [-0.1, -0.05) is 37.1 Å². The molecule has 1 heterocycles. The molecule has 0 bridgehead atoms. The average molecular weight is 359 g/mol. The van der Waals surface area contributed by atoms with Crippen molar-refractivity contribution in [2.24, 2.45) is 5.92 Å². The minimum Gasteiger partial charge on any atom is -0.465 e. The van der Waals surface area contributed by atoms with Gasteiger partial charge in [-0.05, 0) is 57.5 Å². The molecule has 2 aliphatic rings. The van der Waals surface area contributed by atoms with Crippen LogP contribution in [0.15, 0.2) is 24.3 Å². The van der Waals surface area contributed by atoms with E-state index >= 15 is 0 Å². The lowest BCUT2D eigenvalue weighted by atomic mass is 9.77. The van der Waals surface area contributed by atoms with Crippen molar-refractivity contribution in [1.29, 1.82) is 0 Å². The monoisotopic (exact) mass is 359 g/mol. The van der Waals surface area contributed by atoms with Crippen LogP contribution in [0.1, 0.15) is 64.9 Å². The van der Waals surface area contributed by atoms with Crippen LogP contribution in [0.5, 0.6) is 0 Å². The van der Waals surface area contributed by atoms with E-state index in [-0.39, 0.29) is 24.2 Å². The van der Waals surface area contributed by atoms with E-state index in [1.165, 1.54) is 31.2 Å². The Balaban J connectivity index is 1.75. The van der Waals surface area contributed by atoms with Crippen LogP contribution in [0, 0.1) is 5.92 Å². The molecule has 142 valence electrons. The molecule has 1 saturated carbocycles. The SMILES string of the molecule is CC1(C)OB(c2ccc(C(CNC(=O)O)C3CCCC3)cc2)OC1(C)C. The van der Waals surface area contributed by atoms with Crippen LogP contribution in [-0.2, 0) is 9.31 Å². The van der Waals surface area contributed by atoms with E-state index in [0.717, 1.165) is 5.46 Å². The van der Waals surface area contributed by atoms with E-state index in [0.29, 0.717) is 12.5 Å². The summed E-state index contributed by atoms with van der Waals surface area (Å²) in [6.45, 7) is 8.67. The van der Waals surface area contributed by atoms with Crippen LogP contribution in [0.2, 0.25) is 0 Å². The maximum absolute atomic E-state index is 11.0. The van der Waals surface area contributed by atoms with Crippen molar-refractivity contribution in [3.63, 3.8) is 0 Å². The van der Waals surface area contributed by atoms with Crippen molar-refractivity contribution in [3.05, 3.63) is 29.8 Å². The van der Waals surface area contributed by atoms with Gasteiger partial charge in [-0.15, -0.1) is 0 Å². The molecule has 2 fully saturated rings. The molecule has 1 amide bonds. The number of hydrogen-bond acceptors (Lipinski definition) is 3. The highest BCUT2D eigenvalue weighted by atomic mass is 16.7. The van der Waals surface area contributed by atoms with Crippen LogP contribution in [0.3, 0.4) is 0 Å². The normalized spacial score (nSPS) is 23.2. The van der Waals surface area contributed by atoms with Crippen LogP contribution in [0.4, 0.5) is 4.79 Å². The number of carboxylic acid groups (broad SMARTS) is 1. The van der Waals surface area contributed by atoms with E-state index in [4.69, 9.17) is 14.4 Å². The van der Waals surface area contributed by atoms with Gasteiger partial charge in [0.15, 0.2) is 0 Å². The zero-order valence-electron chi connectivity index (χ0n) is 16.2. The molecule has 3 rings (SSSR count). The Morgan fingerprint density at radius 3 is 2.19 bits per heavy atom. The lowest BCUT2D eigenvalue weighted by molar-refractivity contribution is 0.00578. The highest BCUT2D eigenvalue weighted by Crippen LogP contribution is 2.38. The fraction of sp³-hybridized carbons (Fsp3) is 0.650. The Labute approximate surface area is 156 Å². The molecule has 1 aromatic rings. The quantitative estimate of drug-likeness (QED) is 0.790. The summed E-state index contributed by atoms with van der Waals surface area (Å²) in [5.74, 6) is 0.769. The van der Waals surface area contributed by atoms with Gasteiger partial charge in [0.1, 0.15) is 0 Å². The molecule has 5 nitrogen and oxygen atoms in total. The number of amides is 1. The summed E-state index contributed by atoms with van der Waals surface area (Å²) in [7, 11) is -0.365. The molecule has 0 aromatic heterocycles. The standard InChI is InChI=1S/C20H30BNO4/c1-19(2)20(3,4)26-21(25-19)16-11-9-15(10-12-16)17(13-22-18(23)24)14-7-5-6-8-14/h9-12,14,17,22H,5-8,13H2,1-4H3,(H,23,24). The summed E-state index contributed by atoms with van der Waals surface area (Å²) in [6.07, 6.45) is 3.86. The zero-order chi connectivity index (χ0) is 18.9. The Morgan fingerprint density at radius 1 is 1.15 bits per heavy atom. The molecular formula is C20H30BNO4. The largest absolute Gasteiger partial charge is 0.494 e. The molecule has 0 spiro atoms. The lowest BCUT2D eigenvalue weighted by Crippen LogP contribution is -2.41. The highest BCUT2D eigenvalue weighted by molar-refractivity contribution is 6.62. The third-order valence-corrected chi connectivity index (χ3v) is 6.33. The zero-order valence-corrected chi connectivity index (χ0v) is 16.2. The summed E-state index contributed by atoms with van der Waals surface area (Å²) in [5.41, 5.74) is 1.48. The van der Waals surface area contributed by atoms with E-state index in [1.54, 1.807) is 0 Å². The summed E-state index contributed by atoms with van der Waals surface area (Å²) in [6, 6.07) is 8.32. The maximum Gasteiger partial charge on any atom is 0.494 e. The molecule has 2 N–H and O–H groups in total. The summed E-state index contributed by atoms with van der Waals surface area (Å²) >= 11 is 0. The third-order valence-electron chi connectivity index (χ3n) is 6.33. The van der Waals surface area contributed by atoms with Crippen molar-refractivity contribution in [2.45, 2.75) is 70.5 Å². The van der Waals surface area contributed by atoms with Gasteiger partial charge in [0.25, 0.3) is 0 Å². The second kappa shape index (κ2) is 7.24. The Hall–Kier alpha value is -1.53. The molecule has 1 unspecified atom stereocenters. The minimum atomic E-state index is -0.957. The van der Waals surface area contributed by atoms with Crippen LogP contribution < -0.4 is 10.8 Å². The molecule has 6 heteroatoms. The first-order valence-electron chi connectivity index (χ1n) is 9.62. The molecule has 0 radical (unpaired) electrons. The average Bonchev–Trinajstić information content (AvgIpc) is 3.15. The van der Waals surface area contributed by atoms with Crippen molar-refractivity contribution in [2.75, 3.05) is 6.54 Å². The van der Waals surface area contributed by atoms with Gasteiger partial charge < -0.3 is 19.7 Å². The highest BCUT2D eigenvalue weighted by Gasteiger charge is 2.51. The Morgan fingerprint density at radius 2 is 1.69 bits per heavy atom. The number of rotatable bonds is 5. The third kappa shape index (κ3) is 3.91. The molecule has 1 aliphatic heterocycles. The van der Waals surface area contributed by atoms with Crippen molar-refractivity contribution in [1.82, 2.24) is 5.32 Å². The van der Waals surface area contributed by atoms with Crippen LogP contribution >= 0.6 is 0 Å². The van der Waals surface area contributed by atoms with Crippen molar-refractivity contribution in [3.8, 4) is 0 Å². The Kier molecular flexibility index (Phi) is 5.36. The van der Waals surface area contributed by atoms with Crippen LogP contribution in [-0.4, -0.2) is 36.1 Å². The van der Waals surface area contributed by atoms with Gasteiger partial charge in [0, 0.05) is 12.5 Å². The van der Waals surface area contributed by atoms with Gasteiger partial charge in [-0.25, -0.2) is 4.79 Å². The summed E-state index contributed by atoms with van der Waals surface area (Å²) in [4.78, 5) is 11.0. The van der Waals surface area contributed by atoms with Gasteiger partial charge in [0.2, 0.25) is 0 Å². The first kappa shape index (κ1) is 19.2. The fourth-order valence-corrected chi connectivity index (χ4v) is 3.99. The first-order chi connectivity index (χ1) is 12.2. The maximum atomic E-state index is 11.0. The molecule has 1 aliphatic carbocycles. The number of nitrogens with one attached hydrogen (secondary N) is 1. The van der Waals surface area contributed by atoms with Crippen LogP contribution in [0.25, 0.3) is 0 Å². The van der Waals surface area contributed by atoms with E-state index in [9.17, 15) is 4.79 Å². The van der Waals surface area contributed by atoms with Gasteiger partial charge in [-0.2, -0.15) is 0 Å². The second-order valence-electron chi connectivity index (χ2n) is 8.59. The van der Waals surface area contributed by atoms with E-state index in [2.05, 4.69) is 57.3 Å². The van der Waals surface area contributed by atoms with Crippen molar-refractivity contribution < 1.29 is 19.2 Å². The lowest BCUT2D eigenvalue weighted by Gasteiger charge is -2.32. The predicted octanol–water partition coefficient (Wildman–Crippen LogP) is 3.53. The van der Waals surface area contributed by atoms with Gasteiger partial charge >= 0.3 is 13.2 Å². The topological polar surface area (TPSA) is 67.8 Å². The fourth-order valence-electron chi connectivity index (χ4n) is 3.99. The van der Waals surface area contributed by atoms with E-state index < -0.39 is 6.09 Å². The van der Waals surface area contributed by atoms with Gasteiger partial charge in [-0.3, -0.25) is 0 Å². The number of hydrogen-bond donors (Lipinski definition) is 2. The molecule has 1 atom stereocenters. The molecular weight excluding hydrogens is 329 g/mol. The number of carbonyl (C=O) groups is 1. The van der Waals surface area contributed by atoms with Gasteiger partial charge in [0.05, 0.1) is 11.2 Å². The molecule has 1 aromatic carbocycles. The summed E-state index contributed by atoms with van der Waals surface area (Å²) < 4.78 is 12.2. The molecule has 26 heavy (non-hydrogen) atoms. The minimum absolute atomic E-state index is 0.223. The Bertz CT molecular complexity index is 622. The first-order valence-corrected chi connectivity index (χ1v) is 9.62. The van der Waals surface area contributed by atoms with E-state index in [1.807, 2.05) is 0 Å². The molecule has 1 saturated heterocycles. The smallest absolute Gasteiger partial charge is 0.465 e. The predicted molar refractivity (Wildman–Crippen MR) is 103 cm³/mol.